The van der Waals surface area contributed by atoms with E-state index in [-0.39, 0.29) is 18.6 Å². The second-order valence-electron chi connectivity index (χ2n) is 10.2. The van der Waals surface area contributed by atoms with Crippen molar-refractivity contribution in [3.8, 4) is 0 Å². The number of likely N-dealkylation sites (tertiary alicyclic amines) is 1. The molecule has 2 heterocycles. The average Bonchev–Trinajstić information content (AvgIpc) is 3.00. The van der Waals surface area contributed by atoms with Gasteiger partial charge in [0.2, 0.25) is 5.78 Å². The summed E-state index contributed by atoms with van der Waals surface area (Å²) in [4.78, 5) is 41.0. The number of allylic oxidation sites excluding steroid dienone is 4. The number of ketones is 1. The van der Waals surface area contributed by atoms with Crippen LogP contribution in [0.3, 0.4) is 0 Å². The lowest BCUT2D eigenvalue weighted by Gasteiger charge is -2.39. The number of hydrogen-bond donors (Lipinski definition) is 1. The van der Waals surface area contributed by atoms with Crippen LogP contribution >= 0.6 is 0 Å². The van der Waals surface area contributed by atoms with Gasteiger partial charge in [0, 0.05) is 12.5 Å². The maximum atomic E-state index is 13.5. The van der Waals surface area contributed by atoms with Crippen molar-refractivity contribution < 1.29 is 29.0 Å². The zero-order valence-corrected chi connectivity index (χ0v) is 23.1. The highest BCUT2D eigenvalue weighted by molar-refractivity contribution is 6.09. The van der Waals surface area contributed by atoms with Gasteiger partial charge in [-0.1, -0.05) is 51.5 Å². The first kappa shape index (κ1) is 30.2. The summed E-state index contributed by atoms with van der Waals surface area (Å²) in [7, 11) is 0. The molecule has 7 heteroatoms. The Morgan fingerprint density at radius 2 is 1.92 bits per heavy atom. The van der Waals surface area contributed by atoms with Gasteiger partial charge in [-0.2, -0.15) is 0 Å². The molecule has 1 N–H and O–H groups in total. The molecule has 6 atom stereocenters. The molecule has 204 valence electrons. The molecule has 0 aromatic rings. The maximum absolute atomic E-state index is 13.5. The van der Waals surface area contributed by atoms with E-state index in [9.17, 15) is 19.5 Å². The third kappa shape index (κ3) is 7.28. The SMILES string of the molecule is CC.CCC(CC1=CCCC=C1)C(C)OC(=O)C1CCCCN1C(=O)C1(O)OC(C)CCC(C)C1=O. The minimum atomic E-state index is -2.55. The van der Waals surface area contributed by atoms with Crippen LogP contribution < -0.4 is 0 Å². The van der Waals surface area contributed by atoms with E-state index in [1.807, 2.05) is 20.8 Å². The average molecular weight is 506 g/mol. The molecule has 0 saturated carbocycles. The first-order valence-corrected chi connectivity index (χ1v) is 14.0. The normalized spacial score (nSPS) is 30.3. The van der Waals surface area contributed by atoms with Gasteiger partial charge in [0.15, 0.2) is 0 Å². The predicted molar refractivity (Wildman–Crippen MR) is 140 cm³/mol. The monoisotopic (exact) mass is 505 g/mol. The summed E-state index contributed by atoms with van der Waals surface area (Å²) < 4.78 is 11.5. The van der Waals surface area contributed by atoms with Crippen molar-refractivity contribution in [2.75, 3.05) is 6.54 Å². The number of amides is 1. The van der Waals surface area contributed by atoms with E-state index >= 15 is 0 Å². The Morgan fingerprint density at radius 3 is 2.56 bits per heavy atom. The Labute approximate surface area is 217 Å². The zero-order chi connectivity index (χ0) is 26.9. The van der Waals surface area contributed by atoms with Gasteiger partial charge in [-0.3, -0.25) is 9.59 Å². The van der Waals surface area contributed by atoms with Crippen molar-refractivity contribution in [3.05, 3.63) is 23.8 Å². The number of carbonyl (C=O) groups is 3. The van der Waals surface area contributed by atoms with Gasteiger partial charge in [-0.25, -0.2) is 4.79 Å². The van der Waals surface area contributed by atoms with E-state index in [0.717, 1.165) is 32.1 Å². The van der Waals surface area contributed by atoms with E-state index in [0.29, 0.717) is 25.7 Å². The van der Waals surface area contributed by atoms with Gasteiger partial charge >= 0.3 is 11.8 Å². The summed E-state index contributed by atoms with van der Waals surface area (Å²) >= 11 is 0. The van der Waals surface area contributed by atoms with Crippen molar-refractivity contribution in [1.29, 1.82) is 0 Å². The molecule has 2 fully saturated rings. The first-order chi connectivity index (χ1) is 17.2. The molecule has 0 spiro atoms. The van der Waals surface area contributed by atoms with Crippen molar-refractivity contribution in [1.82, 2.24) is 4.90 Å². The largest absolute Gasteiger partial charge is 0.461 e. The zero-order valence-electron chi connectivity index (χ0n) is 23.1. The van der Waals surface area contributed by atoms with Crippen LogP contribution in [0.5, 0.6) is 0 Å². The number of hydrogen-bond acceptors (Lipinski definition) is 6. The molecule has 3 rings (SSSR count). The summed E-state index contributed by atoms with van der Waals surface area (Å²) in [5, 5.41) is 11.1. The Hall–Kier alpha value is -1.99. The lowest BCUT2D eigenvalue weighted by molar-refractivity contribution is -0.227. The lowest BCUT2D eigenvalue weighted by Crippen LogP contribution is -2.62. The Balaban J connectivity index is 0.00000222. The van der Waals surface area contributed by atoms with Crippen molar-refractivity contribution in [3.63, 3.8) is 0 Å². The summed E-state index contributed by atoms with van der Waals surface area (Å²) in [6.45, 7) is 11.7. The summed E-state index contributed by atoms with van der Waals surface area (Å²) in [6.07, 6.45) is 12.6. The number of carbonyl (C=O) groups excluding carboxylic acids is 3. The van der Waals surface area contributed by atoms with Crippen LogP contribution in [0, 0.1) is 11.8 Å². The van der Waals surface area contributed by atoms with Crippen molar-refractivity contribution in [2.24, 2.45) is 11.8 Å². The molecule has 36 heavy (non-hydrogen) atoms. The molecule has 2 aliphatic heterocycles. The molecular formula is C29H47NO6. The molecule has 0 aromatic carbocycles. The number of piperidine rings is 1. The van der Waals surface area contributed by atoms with Gasteiger partial charge in [-0.15, -0.1) is 0 Å². The fourth-order valence-corrected chi connectivity index (χ4v) is 5.25. The quantitative estimate of drug-likeness (QED) is 0.382. The molecule has 7 nitrogen and oxygen atoms in total. The fourth-order valence-electron chi connectivity index (χ4n) is 5.25. The molecule has 2 saturated heterocycles. The summed E-state index contributed by atoms with van der Waals surface area (Å²) in [5.74, 6) is -4.82. The van der Waals surface area contributed by atoms with E-state index < -0.39 is 41.5 Å². The third-order valence-corrected chi connectivity index (χ3v) is 7.55. The van der Waals surface area contributed by atoms with E-state index in [1.54, 1.807) is 13.8 Å². The summed E-state index contributed by atoms with van der Waals surface area (Å²) in [5.41, 5.74) is 1.27. The van der Waals surface area contributed by atoms with Crippen LogP contribution in [0.25, 0.3) is 0 Å². The molecular weight excluding hydrogens is 458 g/mol. The van der Waals surface area contributed by atoms with Gasteiger partial charge < -0.3 is 19.5 Å². The lowest BCUT2D eigenvalue weighted by atomic mass is 9.90. The maximum Gasteiger partial charge on any atom is 0.329 e. The van der Waals surface area contributed by atoms with E-state index in [2.05, 4.69) is 25.2 Å². The molecule has 0 radical (unpaired) electrons. The smallest absolute Gasteiger partial charge is 0.329 e. The molecule has 0 aromatic heterocycles. The van der Waals surface area contributed by atoms with Gasteiger partial charge in [-0.05, 0) is 77.6 Å². The standard InChI is InChI=1S/C27H41NO6.C2H6/c1-5-22(17-21-11-7-6-8-12-21)20(4)33-25(30)23-13-9-10-16-28(23)26(31)27(32)24(29)18(2)14-15-19(3)34-27;1-2/h7,11-12,18-20,22-23,32H,5-6,8-10,13-17H2,1-4H3;1-2H3. The minimum absolute atomic E-state index is 0.170. The Morgan fingerprint density at radius 1 is 1.19 bits per heavy atom. The van der Waals surface area contributed by atoms with Gasteiger partial charge in [0.25, 0.3) is 5.91 Å². The van der Waals surface area contributed by atoms with E-state index in [1.165, 1.54) is 10.5 Å². The van der Waals surface area contributed by atoms with Crippen LogP contribution in [0.15, 0.2) is 23.8 Å². The highest BCUT2D eigenvalue weighted by Gasteiger charge is 2.54. The first-order valence-electron chi connectivity index (χ1n) is 14.0. The predicted octanol–water partition coefficient (Wildman–Crippen LogP) is 5.11. The minimum Gasteiger partial charge on any atom is -0.461 e. The van der Waals surface area contributed by atoms with Crippen LogP contribution in [0.1, 0.15) is 99.3 Å². The van der Waals surface area contributed by atoms with Crippen LogP contribution in [0.2, 0.25) is 0 Å². The Kier molecular flexibility index (Phi) is 11.8. The van der Waals surface area contributed by atoms with Crippen LogP contribution in [-0.4, -0.2) is 58.2 Å². The number of aliphatic hydroxyl groups is 1. The summed E-state index contributed by atoms with van der Waals surface area (Å²) in [6, 6.07) is -0.829. The highest BCUT2D eigenvalue weighted by Crippen LogP contribution is 2.31. The third-order valence-electron chi connectivity index (χ3n) is 7.55. The van der Waals surface area contributed by atoms with Crippen molar-refractivity contribution in [2.45, 2.75) is 123 Å². The number of Topliss-reactive ketones (excluding diaryl/α,β-unsaturated/α-hetero) is 1. The number of rotatable bonds is 7. The van der Waals surface area contributed by atoms with Crippen LogP contribution in [0.4, 0.5) is 0 Å². The molecule has 1 aliphatic carbocycles. The fraction of sp³-hybridized carbons (Fsp3) is 0.759. The molecule has 0 bridgehead atoms. The van der Waals surface area contributed by atoms with Crippen molar-refractivity contribution >= 4 is 17.7 Å². The topological polar surface area (TPSA) is 93.1 Å². The molecule has 3 aliphatic rings. The van der Waals surface area contributed by atoms with Gasteiger partial charge in [0.1, 0.15) is 12.1 Å². The van der Waals surface area contributed by atoms with Crippen LogP contribution in [-0.2, 0) is 23.9 Å². The molecule has 6 unspecified atom stereocenters. The van der Waals surface area contributed by atoms with Gasteiger partial charge in [0.05, 0.1) is 6.10 Å². The second-order valence-corrected chi connectivity index (χ2v) is 10.2. The number of nitrogens with zero attached hydrogens (tertiary/aromatic N) is 1. The Bertz CT molecular complexity index is 821. The number of ether oxygens (including phenoxy) is 2. The van der Waals surface area contributed by atoms with E-state index in [4.69, 9.17) is 9.47 Å². The second kappa shape index (κ2) is 14.1. The number of esters is 1. The highest BCUT2D eigenvalue weighted by atomic mass is 16.6. The molecule has 1 amide bonds.